The van der Waals surface area contributed by atoms with Crippen molar-refractivity contribution in [1.82, 2.24) is 4.98 Å². The maximum Gasteiger partial charge on any atom is 0.196 e. The first-order chi connectivity index (χ1) is 16.0. The van der Waals surface area contributed by atoms with Crippen molar-refractivity contribution in [3.63, 3.8) is 0 Å². The molecule has 158 valence electrons. The molecule has 0 atom stereocenters. The third-order valence-corrected chi connectivity index (χ3v) is 6.19. The molecule has 1 heterocycles. The standard InChI is InChI=1S/C27H15ClN2O3/c28-15-9-11-16(12-10-15)29-24-22-21(25(31)17-6-2-3-7-18(17)26(22)32)23-19(27(24)33)13-14-5-1-4-8-20(14)30-23/h1-13,29,33H. The van der Waals surface area contributed by atoms with Gasteiger partial charge in [-0.05, 0) is 36.4 Å². The van der Waals surface area contributed by atoms with Crippen LogP contribution in [0.5, 0.6) is 5.75 Å². The highest BCUT2D eigenvalue weighted by molar-refractivity contribution is 6.35. The molecule has 0 radical (unpaired) electrons. The molecule has 0 bridgehead atoms. The minimum Gasteiger partial charge on any atom is -0.505 e. The number of carbonyl (C=O) groups excluding carboxylic acids is 2. The Labute approximate surface area is 193 Å². The number of para-hydroxylation sites is 1. The number of pyridine rings is 1. The molecule has 2 N–H and O–H groups in total. The Balaban J connectivity index is 1.73. The Bertz CT molecular complexity index is 1640. The Kier molecular flexibility index (Phi) is 4.22. The van der Waals surface area contributed by atoms with Gasteiger partial charge in [0.2, 0.25) is 0 Å². The number of benzene rings is 4. The minimum atomic E-state index is -0.344. The fourth-order valence-electron chi connectivity index (χ4n) is 4.38. The van der Waals surface area contributed by atoms with E-state index >= 15 is 0 Å². The van der Waals surface area contributed by atoms with Crippen LogP contribution in [0.2, 0.25) is 5.02 Å². The number of fused-ring (bicyclic) bond motifs is 5. The zero-order valence-electron chi connectivity index (χ0n) is 17.1. The maximum absolute atomic E-state index is 13.6. The van der Waals surface area contributed by atoms with Gasteiger partial charge in [0.1, 0.15) is 5.75 Å². The van der Waals surface area contributed by atoms with Gasteiger partial charge in [0.25, 0.3) is 0 Å². The molecule has 0 spiro atoms. The van der Waals surface area contributed by atoms with E-state index in [0.29, 0.717) is 38.3 Å². The Morgan fingerprint density at radius 3 is 2.15 bits per heavy atom. The predicted octanol–water partition coefficient (Wildman–Crippen LogP) is 6.27. The molecular weight excluding hydrogens is 436 g/mol. The fraction of sp³-hybridized carbons (Fsp3) is 0. The molecule has 0 amide bonds. The molecule has 0 saturated heterocycles. The van der Waals surface area contributed by atoms with Gasteiger partial charge >= 0.3 is 0 Å². The highest BCUT2D eigenvalue weighted by atomic mass is 35.5. The van der Waals surface area contributed by atoms with Crippen molar-refractivity contribution in [3.05, 3.63) is 106 Å². The molecule has 1 aliphatic carbocycles. The average molecular weight is 451 g/mol. The number of halogens is 1. The SMILES string of the molecule is O=C1c2ccccc2C(=O)c2c1c(Nc1ccc(Cl)cc1)c(O)c1cc3ccccc3nc21. The molecule has 5 aromatic rings. The molecule has 5 nitrogen and oxygen atoms in total. The number of aromatic nitrogens is 1. The van der Waals surface area contributed by atoms with Gasteiger partial charge < -0.3 is 10.4 Å². The van der Waals surface area contributed by atoms with Gasteiger partial charge in [0.05, 0.1) is 27.8 Å². The van der Waals surface area contributed by atoms with E-state index in [0.717, 1.165) is 5.39 Å². The summed E-state index contributed by atoms with van der Waals surface area (Å²) < 4.78 is 0. The lowest BCUT2D eigenvalue weighted by Crippen LogP contribution is -2.23. The van der Waals surface area contributed by atoms with Crippen LogP contribution in [-0.4, -0.2) is 21.7 Å². The lowest BCUT2D eigenvalue weighted by atomic mass is 9.81. The van der Waals surface area contributed by atoms with E-state index in [1.807, 2.05) is 24.3 Å². The number of carbonyl (C=O) groups is 2. The van der Waals surface area contributed by atoms with Crippen molar-refractivity contribution < 1.29 is 14.7 Å². The molecule has 0 saturated carbocycles. The lowest BCUT2D eigenvalue weighted by Gasteiger charge is -2.23. The zero-order valence-corrected chi connectivity index (χ0v) is 17.9. The van der Waals surface area contributed by atoms with E-state index in [4.69, 9.17) is 16.6 Å². The zero-order chi connectivity index (χ0) is 22.7. The van der Waals surface area contributed by atoms with E-state index in [-0.39, 0.29) is 34.1 Å². The fourth-order valence-corrected chi connectivity index (χ4v) is 4.51. The predicted molar refractivity (Wildman–Crippen MR) is 129 cm³/mol. The average Bonchev–Trinajstić information content (AvgIpc) is 2.84. The molecule has 6 heteroatoms. The molecule has 6 rings (SSSR count). The number of anilines is 2. The van der Waals surface area contributed by atoms with Gasteiger partial charge in [-0.1, -0.05) is 54.1 Å². The highest BCUT2D eigenvalue weighted by Crippen LogP contribution is 2.45. The number of hydrogen-bond acceptors (Lipinski definition) is 5. The van der Waals surface area contributed by atoms with Gasteiger partial charge in [-0.3, -0.25) is 9.59 Å². The van der Waals surface area contributed by atoms with Gasteiger partial charge in [0, 0.05) is 32.6 Å². The summed E-state index contributed by atoms with van der Waals surface area (Å²) in [4.78, 5) is 32.0. The highest BCUT2D eigenvalue weighted by Gasteiger charge is 2.36. The number of nitrogens with zero attached hydrogens (tertiary/aromatic N) is 1. The molecule has 0 aliphatic heterocycles. The van der Waals surface area contributed by atoms with Crippen LogP contribution in [0.3, 0.4) is 0 Å². The second kappa shape index (κ2) is 7.15. The summed E-state index contributed by atoms with van der Waals surface area (Å²) in [6.07, 6.45) is 0. The summed E-state index contributed by atoms with van der Waals surface area (Å²) in [6.45, 7) is 0. The molecule has 0 fully saturated rings. The molecular formula is C27H15ClN2O3. The number of phenolic OH excluding ortho intramolecular Hbond substituents is 1. The number of aromatic hydroxyl groups is 1. The quantitative estimate of drug-likeness (QED) is 0.240. The smallest absolute Gasteiger partial charge is 0.196 e. The number of phenols is 1. The van der Waals surface area contributed by atoms with Crippen LogP contribution in [-0.2, 0) is 0 Å². The van der Waals surface area contributed by atoms with Crippen LogP contribution in [0.4, 0.5) is 11.4 Å². The van der Waals surface area contributed by atoms with E-state index in [2.05, 4.69) is 5.32 Å². The summed E-state index contributed by atoms with van der Waals surface area (Å²) in [6, 6.07) is 22.8. The first-order valence-corrected chi connectivity index (χ1v) is 10.7. The Morgan fingerprint density at radius 1 is 0.788 bits per heavy atom. The van der Waals surface area contributed by atoms with Gasteiger partial charge in [-0.2, -0.15) is 0 Å². The normalized spacial score (nSPS) is 12.6. The van der Waals surface area contributed by atoms with Crippen LogP contribution in [0, 0.1) is 0 Å². The van der Waals surface area contributed by atoms with Gasteiger partial charge in [-0.15, -0.1) is 0 Å². The minimum absolute atomic E-state index is 0.112. The van der Waals surface area contributed by atoms with Gasteiger partial charge in [0.15, 0.2) is 11.6 Å². The summed E-state index contributed by atoms with van der Waals surface area (Å²) in [5.74, 6) is -0.784. The molecule has 4 aromatic carbocycles. The summed E-state index contributed by atoms with van der Waals surface area (Å²) in [5.41, 5.74) is 2.69. The Morgan fingerprint density at radius 2 is 1.42 bits per heavy atom. The number of nitrogens with one attached hydrogen (secondary N) is 1. The topological polar surface area (TPSA) is 79.3 Å². The van der Waals surface area contributed by atoms with E-state index in [9.17, 15) is 14.7 Å². The number of hydrogen-bond donors (Lipinski definition) is 2. The molecule has 1 aromatic heterocycles. The maximum atomic E-state index is 13.6. The third kappa shape index (κ3) is 2.90. The first-order valence-electron chi connectivity index (χ1n) is 10.3. The van der Waals surface area contributed by atoms with Crippen molar-refractivity contribution in [1.29, 1.82) is 0 Å². The monoisotopic (exact) mass is 450 g/mol. The first kappa shape index (κ1) is 19.5. The van der Waals surface area contributed by atoms with E-state index in [1.54, 1.807) is 54.6 Å². The van der Waals surface area contributed by atoms with Crippen molar-refractivity contribution in [2.24, 2.45) is 0 Å². The van der Waals surface area contributed by atoms with Crippen LogP contribution < -0.4 is 5.32 Å². The Hall–Kier alpha value is -4.22. The van der Waals surface area contributed by atoms with Crippen molar-refractivity contribution >= 4 is 56.3 Å². The van der Waals surface area contributed by atoms with Crippen LogP contribution in [0.25, 0.3) is 21.8 Å². The van der Waals surface area contributed by atoms with Crippen LogP contribution >= 0.6 is 11.6 Å². The van der Waals surface area contributed by atoms with E-state index in [1.165, 1.54) is 0 Å². The van der Waals surface area contributed by atoms with Crippen molar-refractivity contribution in [2.45, 2.75) is 0 Å². The second-order valence-electron chi connectivity index (χ2n) is 7.89. The molecule has 1 aliphatic rings. The summed E-state index contributed by atoms with van der Waals surface area (Å²) in [7, 11) is 0. The van der Waals surface area contributed by atoms with E-state index < -0.39 is 0 Å². The van der Waals surface area contributed by atoms with Crippen LogP contribution in [0.15, 0.2) is 78.9 Å². The van der Waals surface area contributed by atoms with Gasteiger partial charge in [-0.25, -0.2) is 4.98 Å². The number of rotatable bonds is 2. The van der Waals surface area contributed by atoms with Crippen molar-refractivity contribution in [3.8, 4) is 5.75 Å². The molecule has 33 heavy (non-hydrogen) atoms. The number of ketones is 2. The lowest BCUT2D eigenvalue weighted by molar-refractivity contribution is 0.0980. The van der Waals surface area contributed by atoms with Crippen LogP contribution in [0.1, 0.15) is 31.8 Å². The largest absolute Gasteiger partial charge is 0.505 e. The summed E-state index contributed by atoms with van der Waals surface area (Å²) >= 11 is 6.01. The van der Waals surface area contributed by atoms with Crippen molar-refractivity contribution in [2.75, 3.05) is 5.32 Å². The second-order valence-corrected chi connectivity index (χ2v) is 8.32. The molecule has 0 unspecified atom stereocenters. The summed E-state index contributed by atoms with van der Waals surface area (Å²) in [5, 5.41) is 16.2. The third-order valence-electron chi connectivity index (χ3n) is 5.94.